The maximum Gasteiger partial charge on any atom is 0.330 e. The van der Waals surface area contributed by atoms with Gasteiger partial charge < -0.3 is 9.47 Å². The van der Waals surface area contributed by atoms with Gasteiger partial charge in [-0.3, -0.25) is 0 Å². The maximum atomic E-state index is 11.1. The van der Waals surface area contributed by atoms with Gasteiger partial charge in [-0.25, -0.2) is 4.79 Å². The van der Waals surface area contributed by atoms with Crippen molar-refractivity contribution in [2.75, 3.05) is 19.0 Å². The number of alkyl halides is 1. The largest absolute Gasteiger partial charge is 0.494 e. The molecule has 1 rings (SSSR count). The van der Waals surface area contributed by atoms with Crippen LogP contribution >= 0.6 is 15.9 Å². The Kier molecular flexibility index (Phi) is 13.9. The van der Waals surface area contributed by atoms with Crippen LogP contribution in [0.25, 0.3) is 6.08 Å². The topological polar surface area (TPSA) is 35.5 Å². The van der Waals surface area contributed by atoms with E-state index in [9.17, 15) is 4.79 Å². The van der Waals surface area contributed by atoms with Crippen LogP contribution in [0.4, 0.5) is 0 Å². The minimum Gasteiger partial charge on any atom is -0.494 e. The van der Waals surface area contributed by atoms with E-state index in [4.69, 9.17) is 4.74 Å². The number of esters is 1. The number of benzene rings is 1. The smallest absolute Gasteiger partial charge is 0.330 e. The lowest BCUT2D eigenvalue weighted by Crippen LogP contribution is -1.97. The minimum atomic E-state index is -0.347. The predicted octanol–water partition coefficient (Wildman–Crippen LogP) is 6.55. The third kappa shape index (κ3) is 12.1. The van der Waals surface area contributed by atoms with E-state index in [-0.39, 0.29) is 5.97 Å². The number of rotatable bonds is 15. The van der Waals surface area contributed by atoms with Crippen molar-refractivity contribution in [3.63, 3.8) is 0 Å². The molecule has 0 radical (unpaired) electrons. The van der Waals surface area contributed by atoms with Crippen LogP contribution in [0.15, 0.2) is 30.3 Å². The number of ether oxygens (including phenoxy) is 2. The molecule has 0 bridgehead atoms. The van der Waals surface area contributed by atoms with Crippen molar-refractivity contribution in [1.29, 1.82) is 0 Å². The molecular weight excluding hydrogens is 392 g/mol. The van der Waals surface area contributed by atoms with Gasteiger partial charge in [0.25, 0.3) is 0 Å². The van der Waals surface area contributed by atoms with E-state index in [1.165, 1.54) is 71.0 Å². The average Bonchev–Trinajstić information content (AvgIpc) is 2.67. The van der Waals surface area contributed by atoms with Gasteiger partial charge in [-0.05, 0) is 36.6 Å². The minimum absolute atomic E-state index is 0.347. The first-order valence-corrected chi connectivity index (χ1v) is 10.9. The van der Waals surface area contributed by atoms with Crippen molar-refractivity contribution in [2.24, 2.45) is 0 Å². The Morgan fingerprint density at radius 3 is 1.96 bits per heavy atom. The summed E-state index contributed by atoms with van der Waals surface area (Å²) in [6.07, 6.45) is 16.4. The van der Waals surface area contributed by atoms with E-state index < -0.39 is 0 Å². The molecule has 0 saturated heterocycles. The number of methoxy groups -OCH3 is 1. The van der Waals surface area contributed by atoms with E-state index in [0.717, 1.165) is 29.7 Å². The average molecular weight is 425 g/mol. The zero-order chi connectivity index (χ0) is 18.9. The van der Waals surface area contributed by atoms with Crippen molar-refractivity contribution in [2.45, 2.75) is 64.2 Å². The van der Waals surface area contributed by atoms with Crippen LogP contribution in [0.2, 0.25) is 0 Å². The lowest BCUT2D eigenvalue weighted by molar-refractivity contribution is -0.134. The molecule has 0 saturated carbocycles. The van der Waals surface area contributed by atoms with Crippen LogP contribution in [0.1, 0.15) is 69.8 Å². The molecule has 1 aromatic rings. The zero-order valence-corrected chi connectivity index (χ0v) is 17.6. The van der Waals surface area contributed by atoms with E-state index in [1.54, 1.807) is 6.08 Å². The molecule has 0 aliphatic carbocycles. The molecule has 4 heteroatoms. The van der Waals surface area contributed by atoms with Crippen molar-refractivity contribution >= 4 is 28.0 Å². The van der Waals surface area contributed by atoms with Crippen LogP contribution in [-0.4, -0.2) is 25.0 Å². The highest BCUT2D eigenvalue weighted by Crippen LogP contribution is 2.15. The first-order chi connectivity index (χ1) is 12.8. The summed E-state index contributed by atoms with van der Waals surface area (Å²) in [5, 5.41) is 1.14. The Morgan fingerprint density at radius 1 is 0.885 bits per heavy atom. The van der Waals surface area contributed by atoms with Crippen LogP contribution in [-0.2, 0) is 9.53 Å². The second-order valence-electron chi connectivity index (χ2n) is 6.50. The van der Waals surface area contributed by atoms with E-state index in [0.29, 0.717) is 0 Å². The fourth-order valence-electron chi connectivity index (χ4n) is 2.71. The molecule has 0 spiro atoms. The fourth-order valence-corrected chi connectivity index (χ4v) is 3.10. The number of unbranched alkanes of at least 4 members (excludes halogenated alkanes) is 9. The van der Waals surface area contributed by atoms with Gasteiger partial charge in [0.15, 0.2) is 0 Å². The highest BCUT2D eigenvalue weighted by molar-refractivity contribution is 9.09. The highest BCUT2D eigenvalue weighted by atomic mass is 79.9. The third-order valence-corrected chi connectivity index (χ3v) is 4.85. The molecule has 0 fully saturated rings. The Balaban J connectivity index is 1.99. The Morgan fingerprint density at radius 2 is 1.42 bits per heavy atom. The highest BCUT2D eigenvalue weighted by Gasteiger charge is 1.97. The molecule has 0 aromatic heterocycles. The van der Waals surface area contributed by atoms with Crippen LogP contribution in [0, 0.1) is 0 Å². The lowest BCUT2D eigenvalue weighted by Gasteiger charge is -2.06. The molecule has 0 amide bonds. The van der Waals surface area contributed by atoms with Crippen LogP contribution in [0.3, 0.4) is 0 Å². The summed E-state index contributed by atoms with van der Waals surface area (Å²) >= 11 is 3.48. The Labute approximate surface area is 167 Å². The molecule has 0 unspecified atom stereocenters. The first-order valence-electron chi connectivity index (χ1n) is 9.81. The van der Waals surface area contributed by atoms with Gasteiger partial charge in [-0.2, -0.15) is 0 Å². The molecule has 146 valence electrons. The quantitative estimate of drug-likeness (QED) is 0.138. The fraction of sp³-hybridized carbons (Fsp3) is 0.591. The summed E-state index contributed by atoms with van der Waals surface area (Å²) in [5.41, 5.74) is 0.954. The third-order valence-electron chi connectivity index (χ3n) is 4.29. The van der Waals surface area contributed by atoms with Gasteiger partial charge in [0.1, 0.15) is 5.75 Å². The summed E-state index contributed by atoms with van der Waals surface area (Å²) in [6.45, 7) is 0.768. The monoisotopic (exact) mass is 424 g/mol. The number of carbonyl (C=O) groups excluding carboxylic acids is 1. The molecule has 26 heavy (non-hydrogen) atoms. The summed E-state index contributed by atoms with van der Waals surface area (Å²) in [7, 11) is 1.37. The second-order valence-corrected chi connectivity index (χ2v) is 7.29. The number of hydrogen-bond donors (Lipinski definition) is 0. The summed E-state index contributed by atoms with van der Waals surface area (Å²) < 4.78 is 10.3. The molecule has 0 N–H and O–H groups in total. The molecule has 3 nitrogen and oxygen atoms in total. The normalized spacial score (nSPS) is 11.0. The number of hydrogen-bond acceptors (Lipinski definition) is 3. The summed E-state index contributed by atoms with van der Waals surface area (Å²) in [5.74, 6) is 0.531. The lowest BCUT2D eigenvalue weighted by atomic mass is 10.1. The van der Waals surface area contributed by atoms with Crippen LogP contribution in [0.5, 0.6) is 5.75 Å². The molecule has 0 atom stereocenters. The summed E-state index contributed by atoms with van der Waals surface area (Å²) in [6, 6.07) is 7.75. The van der Waals surface area contributed by atoms with Gasteiger partial charge in [-0.15, -0.1) is 0 Å². The molecule has 0 heterocycles. The van der Waals surface area contributed by atoms with Crippen molar-refractivity contribution in [3.8, 4) is 5.75 Å². The molecular formula is C22H33BrO3. The Bertz CT molecular complexity index is 497. The van der Waals surface area contributed by atoms with Crippen molar-refractivity contribution in [3.05, 3.63) is 35.9 Å². The SMILES string of the molecule is COC(=O)/C=C/c1ccc(OCCCCCCCCCCCCBr)cc1. The van der Waals surface area contributed by atoms with Gasteiger partial charge in [-0.1, -0.05) is 79.4 Å². The van der Waals surface area contributed by atoms with E-state index >= 15 is 0 Å². The van der Waals surface area contributed by atoms with Crippen molar-refractivity contribution < 1.29 is 14.3 Å². The summed E-state index contributed by atoms with van der Waals surface area (Å²) in [4.78, 5) is 11.1. The molecule has 0 aliphatic rings. The van der Waals surface area contributed by atoms with Gasteiger partial charge in [0.05, 0.1) is 13.7 Å². The van der Waals surface area contributed by atoms with Gasteiger partial charge in [0.2, 0.25) is 0 Å². The number of halogens is 1. The second kappa shape index (κ2) is 15.9. The number of carbonyl (C=O) groups is 1. The van der Waals surface area contributed by atoms with Gasteiger partial charge in [0, 0.05) is 11.4 Å². The standard InChI is InChI=1S/C22H33BrO3/c1-25-22(24)17-14-20-12-15-21(16-13-20)26-19-11-9-7-5-3-2-4-6-8-10-18-23/h12-17H,2-11,18-19H2,1H3/b17-14+. The van der Waals surface area contributed by atoms with Gasteiger partial charge >= 0.3 is 5.97 Å². The maximum absolute atomic E-state index is 11.1. The first kappa shape index (κ1) is 22.8. The van der Waals surface area contributed by atoms with E-state index in [2.05, 4.69) is 20.7 Å². The predicted molar refractivity (Wildman–Crippen MR) is 113 cm³/mol. The van der Waals surface area contributed by atoms with Crippen molar-refractivity contribution in [1.82, 2.24) is 0 Å². The Hall–Kier alpha value is -1.29. The molecule has 1 aromatic carbocycles. The molecule has 0 aliphatic heterocycles. The van der Waals surface area contributed by atoms with E-state index in [1.807, 2.05) is 24.3 Å². The zero-order valence-electron chi connectivity index (χ0n) is 16.1. The van der Waals surface area contributed by atoms with Crippen LogP contribution < -0.4 is 4.74 Å².